The van der Waals surface area contributed by atoms with Crippen molar-refractivity contribution in [2.75, 3.05) is 0 Å². The molecule has 0 bridgehead atoms. The van der Waals surface area contributed by atoms with Crippen molar-refractivity contribution in [1.82, 2.24) is 0 Å². The first-order valence-electron chi connectivity index (χ1n) is 5.78. The monoisotopic (exact) mass is 295 g/mol. The number of hydrogen-bond donors (Lipinski definition) is 1. The third-order valence-electron chi connectivity index (χ3n) is 2.74. The molecule has 0 amide bonds. The quantitative estimate of drug-likeness (QED) is 0.672. The minimum absolute atomic E-state index is 0.114. The summed E-state index contributed by atoms with van der Waals surface area (Å²) in [5.74, 6) is -2.15. The van der Waals surface area contributed by atoms with E-state index in [1.807, 2.05) is 0 Å². The van der Waals surface area contributed by atoms with Gasteiger partial charge in [0.05, 0.1) is 11.0 Å². The number of aromatic carboxylic acids is 1. The summed E-state index contributed by atoms with van der Waals surface area (Å²) in [5.41, 5.74) is 0.0673. The van der Waals surface area contributed by atoms with Crippen molar-refractivity contribution in [3.05, 3.63) is 57.3 Å². The molecule has 0 fully saturated rings. The lowest BCUT2D eigenvalue weighted by atomic mass is 10.2. The molecule has 8 heteroatoms. The zero-order chi connectivity index (χ0) is 15.6. The summed E-state index contributed by atoms with van der Waals surface area (Å²) in [6.07, 6.45) is 0. The Balaban J connectivity index is 2.13. The van der Waals surface area contributed by atoms with Gasteiger partial charge in [0.2, 0.25) is 5.76 Å². The molecule has 0 saturated heterocycles. The number of carbonyl (C=O) groups is 1. The van der Waals surface area contributed by atoms with E-state index >= 15 is 0 Å². The maximum Gasteiger partial charge on any atom is 0.371 e. The van der Waals surface area contributed by atoms with Crippen molar-refractivity contribution in [2.24, 2.45) is 0 Å². The lowest BCUT2D eigenvalue weighted by molar-refractivity contribution is -0.385. The minimum Gasteiger partial charge on any atom is -0.486 e. The van der Waals surface area contributed by atoms with Gasteiger partial charge in [-0.3, -0.25) is 10.1 Å². The van der Waals surface area contributed by atoms with Gasteiger partial charge in [0.1, 0.15) is 12.4 Å². The molecule has 1 heterocycles. The van der Waals surface area contributed by atoms with E-state index in [0.717, 1.165) is 18.2 Å². The molecule has 2 rings (SSSR count). The zero-order valence-corrected chi connectivity index (χ0v) is 10.8. The molecule has 0 aliphatic rings. The number of nitrogens with zero attached hydrogens (tertiary/aromatic N) is 1. The van der Waals surface area contributed by atoms with Gasteiger partial charge >= 0.3 is 5.97 Å². The van der Waals surface area contributed by atoms with Crippen LogP contribution in [0.4, 0.5) is 10.1 Å². The average molecular weight is 295 g/mol. The fourth-order valence-electron chi connectivity index (χ4n) is 1.64. The summed E-state index contributed by atoms with van der Waals surface area (Å²) < 4.78 is 23.8. The summed E-state index contributed by atoms with van der Waals surface area (Å²) in [6.45, 7) is 1.44. The number of nitro groups is 1. The highest BCUT2D eigenvalue weighted by Gasteiger charge is 2.15. The van der Waals surface area contributed by atoms with Crippen LogP contribution in [0.3, 0.4) is 0 Å². The highest BCUT2D eigenvalue weighted by molar-refractivity contribution is 5.84. The van der Waals surface area contributed by atoms with E-state index in [4.69, 9.17) is 14.3 Å². The Morgan fingerprint density at radius 1 is 1.48 bits per heavy atom. The highest BCUT2D eigenvalue weighted by atomic mass is 19.1. The van der Waals surface area contributed by atoms with Gasteiger partial charge < -0.3 is 14.3 Å². The van der Waals surface area contributed by atoms with Crippen LogP contribution >= 0.6 is 0 Å². The van der Waals surface area contributed by atoms with Gasteiger partial charge in [-0.15, -0.1) is 0 Å². The number of carboxylic acid groups (broad SMARTS) is 1. The molecule has 2 aromatic rings. The van der Waals surface area contributed by atoms with Crippen LogP contribution in [-0.4, -0.2) is 16.0 Å². The molecule has 21 heavy (non-hydrogen) atoms. The van der Waals surface area contributed by atoms with Gasteiger partial charge in [0, 0.05) is 11.6 Å². The first kappa shape index (κ1) is 14.5. The van der Waals surface area contributed by atoms with Gasteiger partial charge in [-0.1, -0.05) is 0 Å². The van der Waals surface area contributed by atoms with E-state index in [9.17, 15) is 19.3 Å². The van der Waals surface area contributed by atoms with Crippen LogP contribution in [0.25, 0.3) is 0 Å². The molecule has 0 aliphatic heterocycles. The van der Waals surface area contributed by atoms with E-state index in [1.165, 1.54) is 6.07 Å². The lowest BCUT2D eigenvalue weighted by Gasteiger charge is -2.06. The van der Waals surface area contributed by atoms with Crippen molar-refractivity contribution in [1.29, 1.82) is 0 Å². The minimum atomic E-state index is -1.22. The number of nitro benzene ring substituents is 1. The van der Waals surface area contributed by atoms with Crippen molar-refractivity contribution < 1.29 is 28.4 Å². The largest absolute Gasteiger partial charge is 0.486 e. The highest BCUT2D eigenvalue weighted by Crippen LogP contribution is 2.24. The van der Waals surface area contributed by atoms with Gasteiger partial charge in [0.25, 0.3) is 5.69 Å². The van der Waals surface area contributed by atoms with Crippen molar-refractivity contribution in [2.45, 2.75) is 13.5 Å². The zero-order valence-electron chi connectivity index (χ0n) is 10.8. The number of benzene rings is 1. The molecule has 0 unspecified atom stereocenters. The van der Waals surface area contributed by atoms with E-state index in [1.54, 1.807) is 6.92 Å². The van der Waals surface area contributed by atoms with Crippen LogP contribution in [0.15, 0.2) is 28.7 Å². The first-order chi connectivity index (χ1) is 9.88. The molecule has 0 aliphatic carbocycles. The number of carboxylic acids is 1. The number of furan rings is 1. The number of non-ortho nitro benzene ring substituents is 1. The number of aryl methyl sites for hydroxylation is 1. The summed E-state index contributed by atoms with van der Waals surface area (Å²) in [6, 6.07) is 4.28. The fraction of sp³-hybridized carbons (Fsp3) is 0.154. The molecular weight excluding hydrogens is 285 g/mol. The molecular formula is C13H10FNO6. The predicted molar refractivity (Wildman–Crippen MR) is 67.8 cm³/mol. The van der Waals surface area contributed by atoms with Crippen molar-refractivity contribution >= 4 is 11.7 Å². The second-order valence-corrected chi connectivity index (χ2v) is 4.16. The van der Waals surface area contributed by atoms with E-state index in [-0.39, 0.29) is 23.8 Å². The van der Waals surface area contributed by atoms with Gasteiger partial charge in [-0.25, -0.2) is 9.18 Å². The Morgan fingerprint density at radius 2 is 2.19 bits per heavy atom. The second kappa shape index (κ2) is 5.61. The fourth-order valence-corrected chi connectivity index (χ4v) is 1.64. The molecule has 0 radical (unpaired) electrons. The molecule has 7 nitrogen and oxygen atoms in total. The smallest absolute Gasteiger partial charge is 0.371 e. The normalized spacial score (nSPS) is 10.4. The lowest BCUT2D eigenvalue weighted by Crippen LogP contribution is -1.99. The van der Waals surface area contributed by atoms with E-state index < -0.39 is 16.7 Å². The number of halogens is 1. The second-order valence-electron chi connectivity index (χ2n) is 4.16. The predicted octanol–water partition coefficient (Wildman–Crippen LogP) is 2.91. The Bertz CT molecular complexity index is 709. The maximum absolute atomic E-state index is 13.6. The van der Waals surface area contributed by atoms with Crippen molar-refractivity contribution in [3.63, 3.8) is 0 Å². The Labute approximate surface area is 117 Å². The summed E-state index contributed by atoms with van der Waals surface area (Å²) >= 11 is 0. The number of hydrogen-bond acceptors (Lipinski definition) is 5. The molecule has 1 aromatic heterocycles. The summed E-state index contributed by atoms with van der Waals surface area (Å²) in [5, 5.41) is 19.3. The van der Waals surface area contributed by atoms with Gasteiger partial charge in [-0.2, -0.15) is 0 Å². The number of rotatable bonds is 5. The molecule has 110 valence electrons. The third kappa shape index (κ3) is 3.16. The Hall–Kier alpha value is -2.90. The van der Waals surface area contributed by atoms with Crippen LogP contribution in [0.2, 0.25) is 0 Å². The Kier molecular flexibility index (Phi) is 3.88. The number of ether oxygens (including phenoxy) is 1. The van der Waals surface area contributed by atoms with Crippen LogP contribution in [0.5, 0.6) is 5.75 Å². The first-order valence-corrected chi connectivity index (χ1v) is 5.78. The molecule has 0 saturated carbocycles. The van der Waals surface area contributed by atoms with Crippen LogP contribution in [0, 0.1) is 22.9 Å². The molecule has 1 N–H and O–H groups in total. The van der Waals surface area contributed by atoms with Gasteiger partial charge in [0.15, 0.2) is 11.6 Å². The van der Waals surface area contributed by atoms with Crippen molar-refractivity contribution in [3.8, 4) is 5.75 Å². The third-order valence-corrected chi connectivity index (χ3v) is 2.74. The summed E-state index contributed by atoms with van der Waals surface area (Å²) in [7, 11) is 0. The van der Waals surface area contributed by atoms with Crippen LogP contribution in [-0.2, 0) is 6.61 Å². The molecule has 0 spiro atoms. The van der Waals surface area contributed by atoms with Crippen LogP contribution < -0.4 is 4.74 Å². The molecule has 0 atom stereocenters. The topological polar surface area (TPSA) is 103 Å². The standard InChI is InChI=1S/C13H10FNO6/c1-7-8(4-12(21-7)13(16)17)6-20-11-3-2-9(15(18)19)5-10(11)14/h2-5H,6H2,1H3,(H,16,17). The SMILES string of the molecule is Cc1oc(C(=O)O)cc1COc1ccc([N+](=O)[O-])cc1F. The van der Waals surface area contributed by atoms with Gasteiger partial charge in [-0.05, 0) is 19.1 Å². The van der Waals surface area contributed by atoms with Crippen LogP contribution in [0.1, 0.15) is 21.9 Å². The van der Waals surface area contributed by atoms with E-state index in [0.29, 0.717) is 11.3 Å². The summed E-state index contributed by atoms with van der Waals surface area (Å²) in [4.78, 5) is 20.5. The van der Waals surface area contributed by atoms with E-state index in [2.05, 4.69) is 0 Å². The average Bonchev–Trinajstić information content (AvgIpc) is 2.79. The maximum atomic E-state index is 13.6. The Morgan fingerprint density at radius 3 is 2.71 bits per heavy atom. The molecule has 1 aromatic carbocycles.